The van der Waals surface area contributed by atoms with E-state index < -0.39 is 0 Å². The van der Waals surface area contributed by atoms with Gasteiger partial charge in [0.15, 0.2) is 5.82 Å². The van der Waals surface area contributed by atoms with Gasteiger partial charge in [0.2, 0.25) is 17.7 Å². The number of aromatic nitrogens is 2. The van der Waals surface area contributed by atoms with E-state index in [0.29, 0.717) is 37.7 Å². The van der Waals surface area contributed by atoms with E-state index in [4.69, 9.17) is 9.26 Å². The Kier molecular flexibility index (Phi) is 6.41. The van der Waals surface area contributed by atoms with E-state index in [1.165, 1.54) is 0 Å². The van der Waals surface area contributed by atoms with Crippen LogP contribution in [0, 0.1) is 19.8 Å². The molecule has 0 saturated carbocycles. The van der Waals surface area contributed by atoms with Gasteiger partial charge in [-0.05, 0) is 31.4 Å². The molecule has 2 aromatic rings. The molecule has 1 fully saturated rings. The van der Waals surface area contributed by atoms with Crippen LogP contribution in [0.2, 0.25) is 0 Å². The predicted octanol–water partition coefficient (Wildman–Crippen LogP) is 1.93. The summed E-state index contributed by atoms with van der Waals surface area (Å²) in [5.41, 5.74) is 2.04. The van der Waals surface area contributed by atoms with Gasteiger partial charge < -0.3 is 19.5 Å². The molecule has 0 bridgehead atoms. The monoisotopic (exact) mass is 386 g/mol. The number of amides is 2. The molecule has 150 valence electrons. The zero-order valence-corrected chi connectivity index (χ0v) is 16.5. The second-order valence-corrected chi connectivity index (χ2v) is 6.98. The van der Waals surface area contributed by atoms with Gasteiger partial charge >= 0.3 is 0 Å². The number of nitrogens with zero attached hydrogens (tertiary/aromatic N) is 3. The minimum Gasteiger partial charge on any atom is -0.383 e. The fourth-order valence-electron chi connectivity index (χ4n) is 3.69. The molecular formula is C20H26N4O4. The van der Waals surface area contributed by atoms with Crippen molar-refractivity contribution in [2.24, 2.45) is 5.92 Å². The van der Waals surface area contributed by atoms with Gasteiger partial charge in [0.05, 0.1) is 25.1 Å². The maximum atomic E-state index is 13.0. The minimum atomic E-state index is -0.361. The number of likely N-dealkylation sites (tertiary alicyclic amines) is 1. The van der Waals surface area contributed by atoms with Crippen LogP contribution in [0.3, 0.4) is 0 Å². The third kappa shape index (κ3) is 4.39. The van der Waals surface area contributed by atoms with Crippen LogP contribution >= 0.6 is 0 Å². The first-order valence-corrected chi connectivity index (χ1v) is 9.42. The maximum absolute atomic E-state index is 13.0. The number of nitrogens with one attached hydrogen (secondary N) is 1. The SMILES string of the molecule is COCCN1C(=O)CC[C@@H](C(=O)NCc2nc(C)no2)[C@@H]1c1ccccc1C. The number of ether oxygens (including phenoxy) is 1. The Morgan fingerprint density at radius 3 is 2.82 bits per heavy atom. The molecule has 2 amide bonds. The molecule has 1 aromatic carbocycles. The molecule has 28 heavy (non-hydrogen) atoms. The Bertz CT molecular complexity index is 835. The standard InChI is InChI=1S/C20H26N4O4/c1-13-6-4-5-7-15(13)19-16(8-9-18(25)24(19)10-11-27-3)20(26)21-12-17-22-14(2)23-28-17/h4-7,16,19H,8-12H2,1-3H3,(H,21,26)/t16-,19+/m1/s1. The first-order valence-electron chi connectivity index (χ1n) is 9.42. The van der Waals surface area contributed by atoms with E-state index in [1.54, 1.807) is 18.9 Å². The molecule has 0 aliphatic carbocycles. The molecule has 2 atom stereocenters. The molecule has 0 unspecified atom stereocenters. The van der Waals surface area contributed by atoms with E-state index in [2.05, 4.69) is 15.5 Å². The molecule has 0 radical (unpaired) electrons. The Morgan fingerprint density at radius 1 is 1.36 bits per heavy atom. The average Bonchev–Trinajstić information content (AvgIpc) is 3.10. The van der Waals surface area contributed by atoms with Crippen LogP contribution in [-0.2, 0) is 20.9 Å². The van der Waals surface area contributed by atoms with E-state index in [0.717, 1.165) is 11.1 Å². The lowest BCUT2D eigenvalue weighted by Crippen LogP contribution is -2.49. The first-order chi connectivity index (χ1) is 13.5. The van der Waals surface area contributed by atoms with Gasteiger partial charge in [0.1, 0.15) is 0 Å². The number of carbonyl (C=O) groups excluding carboxylic acids is 2. The Balaban J connectivity index is 1.84. The average molecular weight is 386 g/mol. The number of methoxy groups -OCH3 is 1. The number of aryl methyl sites for hydroxylation is 2. The van der Waals surface area contributed by atoms with Crippen molar-refractivity contribution in [2.45, 2.75) is 39.3 Å². The quantitative estimate of drug-likeness (QED) is 0.781. The number of rotatable bonds is 7. The van der Waals surface area contributed by atoms with Crippen LogP contribution in [0.1, 0.15) is 41.7 Å². The van der Waals surface area contributed by atoms with Crippen molar-refractivity contribution >= 4 is 11.8 Å². The highest BCUT2D eigenvalue weighted by atomic mass is 16.5. The third-order valence-corrected chi connectivity index (χ3v) is 5.07. The second kappa shape index (κ2) is 8.97. The van der Waals surface area contributed by atoms with E-state index in [1.807, 2.05) is 31.2 Å². The first kappa shape index (κ1) is 20.0. The van der Waals surface area contributed by atoms with Crippen molar-refractivity contribution in [3.8, 4) is 0 Å². The number of hydrogen-bond acceptors (Lipinski definition) is 6. The maximum Gasteiger partial charge on any atom is 0.246 e. The number of hydrogen-bond donors (Lipinski definition) is 1. The number of benzene rings is 1. The van der Waals surface area contributed by atoms with Crippen LogP contribution < -0.4 is 5.32 Å². The van der Waals surface area contributed by atoms with E-state index in [-0.39, 0.29) is 30.3 Å². The molecule has 8 heteroatoms. The summed E-state index contributed by atoms with van der Waals surface area (Å²) in [6.45, 7) is 4.76. The van der Waals surface area contributed by atoms with Crippen molar-refractivity contribution in [1.29, 1.82) is 0 Å². The molecule has 1 saturated heterocycles. The van der Waals surface area contributed by atoms with Gasteiger partial charge in [-0.2, -0.15) is 4.98 Å². The lowest BCUT2D eigenvalue weighted by Gasteiger charge is -2.41. The summed E-state index contributed by atoms with van der Waals surface area (Å²) in [6, 6.07) is 7.54. The predicted molar refractivity (Wildman–Crippen MR) is 101 cm³/mol. The lowest BCUT2D eigenvalue weighted by atomic mass is 9.82. The van der Waals surface area contributed by atoms with Crippen LogP contribution in [0.4, 0.5) is 0 Å². The van der Waals surface area contributed by atoms with Gasteiger partial charge in [-0.1, -0.05) is 29.4 Å². The van der Waals surface area contributed by atoms with Gasteiger partial charge in [-0.25, -0.2) is 0 Å². The highest BCUT2D eigenvalue weighted by Crippen LogP contribution is 2.38. The molecule has 1 N–H and O–H groups in total. The Labute approximate surface area is 164 Å². The summed E-state index contributed by atoms with van der Waals surface area (Å²) < 4.78 is 10.3. The number of piperidine rings is 1. The fraction of sp³-hybridized carbons (Fsp3) is 0.500. The zero-order valence-electron chi connectivity index (χ0n) is 16.5. The number of carbonyl (C=O) groups is 2. The molecule has 2 heterocycles. The molecule has 3 rings (SSSR count). The smallest absolute Gasteiger partial charge is 0.246 e. The van der Waals surface area contributed by atoms with Crippen molar-refractivity contribution < 1.29 is 18.8 Å². The van der Waals surface area contributed by atoms with Crippen LogP contribution in [-0.4, -0.2) is 47.1 Å². The highest BCUT2D eigenvalue weighted by Gasteiger charge is 2.40. The third-order valence-electron chi connectivity index (χ3n) is 5.07. The van der Waals surface area contributed by atoms with Crippen molar-refractivity contribution in [1.82, 2.24) is 20.4 Å². The second-order valence-electron chi connectivity index (χ2n) is 6.98. The van der Waals surface area contributed by atoms with Gasteiger partial charge in [0.25, 0.3) is 0 Å². The summed E-state index contributed by atoms with van der Waals surface area (Å²) in [5, 5.41) is 6.62. The Hall–Kier alpha value is -2.74. The van der Waals surface area contributed by atoms with Crippen LogP contribution in [0.25, 0.3) is 0 Å². The molecule has 8 nitrogen and oxygen atoms in total. The van der Waals surface area contributed by atoms with Crippen molar-refractivity contribution in [3.63, 3.8) is 0 Å². The normalized spacial score (nSPS) is 19.7. The largest absolute Gasteiger partial charge is 0.383 e. The van der Waals surface area contributed by atoms with Crippen molar-refractivity contribution in [3.05, 3.63) is 47.1 Å². The minimum absolute atomic E-state index is 0.0434. The molecule has 1 aliphatic heterocycles. The molecular weight excluding hydrogens is 360 g/mol. The molecule has 0 spiro atoms. The topological polar surface area (TPSA) is 97.6 Å². The van der Waals surface area contributed by atoms with Crippen LogP contribution in [0.15, 0.2) is 28.8 Å². The van der Waals surface area contributed by atoms with E-state index in [9.17, 15) is 9.59 Å². The summed E-state index contributed by atoms with van der Waals surface area (Å²) in [6.07, 6.45) is 0.833. The summed E-state index contributed by atoms with van der Waals surface area (Å²) in [7, 11) is 1.60. The summed E-state index contributed by atoms with van der Waals surface area (Å²) >= 11 is 0. The zero-order chi connectivity index (χ0) is 20.1. The van der Waals surface area contributed by atoms with Crippen LogP contribution in [0.5, 0.6) is 0 Å². The van der Waals surface area contributed by atoms with Gasteiger partial charge in [-0.15, -0.1) is 0 Å². The molecule has 1 aliphatic rings. The Morgan fingerprint density at radius 2 is 2.14 bits per heavy atom. The van der Waals surface area contributed by atoms with Gasteiger partial charge in [0, 0.05) is 20.1 Å². The van der Waals surface area contributed by atoms with Crippen molar-refractivity contribution in [2.75, 3.05) is 20.3 Å². The summed E-state index contributed by atoms with van der Waals surface area (Å²) in [5.74, 6) is 0.443. The van der Waals surface area contributed by atoms with E-state index >= 15 is 0 Å². The lowest BCUT2D eigenvalue weighted by molar-refractivity contribution is -0.144. The van der Waals surface area contributed by atoms with Gasteiger partial charge in [-0.3, -0.25) is 9.59 Å². The summed E-state index contributed by atoms with van der Waals surface area (Å²) in [4.78, 5) is 31.6. The fourth-order valence-corrected chi connectivity index (χ4v) is 3.69. The molecule has 1 aromatic heterocycles. The highest BCUT2D eigenvalue weighted by molar-refractivity contribution is 5.85.